The Kier molecular flexibility index (Phi) is 4.75. The first-order chi connectivity index (χ1) is 13.0. The zero-order valence-electron chi connectivity index (χ0n) is 14.8. The maximum Gasteiger partial charge on any atom is 0.350 e. The molecule has 0 fully saturated rings. The normalized spacial score (nSPS) is 10.4. The molecule has 3 aromatic rings. The van der Waals surface area contributed by atoms with Gasteiger partial charge in [0.25, 0.3) is 0 Å². The Bertz CT molecular complexity index is 1100. The summed E-state index contributed by atoms with van der Waals surface area (Å²) >= 11 is 1.06. The lowest BCUT2D eigenvalue weighted by Gasteiger charge is -2.13. The average molecular weight is 384 g/mol. The molecule has 0 aliphatic carbocycles. The van der Waals surface area contributed by atoms with Crippen LogP contribution in [0.2, 0.25) is 0 Å². The topological polar surface area (TPSA) is 133 Å². The van der Waals surface area contributed by atoms with Gasteiger partial charge in [0.15, 0.2) is 11.5 Å². The lowest BCUT2D eigenvalue weighted by Crippen LogP contribution is -2.02. The quantitative estimate of drug-likeness (QED) is 0.656. The fraction of sp³-hybridized carbons (Fsp3) is 0.167. The SMILES string of the molecule is COC(=O)c1sc2nc(N)c(C#N)c(-c3ccc(OC)c(OC)c3)c2c1N. The molecule has 0 unspecified atom stereocenters. The van der Waals surface area contributed by atoms with E-state index in [9.17, 15) is 10.1 Å². The number of benzene rings is 1. The highest BCUT2D eigenvalue weighted by atomic mass is 32.1. The van der Waals surface area contributed by atoms with Crippen molar-refractivity contribution in [3.05, 3.63) is 28.6 Å². The van der Waals surface area contributed by atoms with E-state index in [-0.39, 0.29) is 21.9 Å². The summed E-state index contributed by atoms with van der Waals surface area (Å²) in [5, 5.41) is 10.1. The highest BCUT2D eigenvalue weighted by Gasteiger charge is 2.25. The first kappa shape index (κ1) is 18.3. The van der Waals surface area contributed by atoms with Crippen LogP contribution in [0.3, 0.4) is 0 Å². The van der Waals surface area contributed by atoms with Gasteiger partial charge in [-0.1, -0.05) is 6.07 Å². The van der Waals surface area contributed by atoms with Crippen molar-refractivity contribution in [2.24, 2.45) is 0 Å². The van der Waals surface area contributed by atoms with E-state index >= 15 is 0 Å². The molecule has 9 heteroatoms. The third kappa shape index (κ3) is 2.86. The minimum Gasteiger partial charge on any atom is -0.493 e. The van der Waals surface area contributed by atoms with Crippen molar-refractivity contribution in [1.29, 1.82) is 5.26 Å². The van der Waals surface area contributed by atoms with Gasteiger partial charge in [-0.15, -0.1) is 11.3 Å². The Labute approximate surface area is 158 Å². The number of esters is 1. The van der Waals surface area contributed by atoms with Crippen molar-refractivity contribution < 1.29 is 19.0 Å². The molecule has 0 radical (unpaired) electrons. The molecule has 8 nitrogen and oxygen atoms in total. The second kappa shape index (κ2) is 7.01. The minimum absolute atomic E-state index is 0.0486. The maximum absolute atomic E-state index is 12.0. The second-order valence-corrected chi connectivity index (χ2v) is 6.44. The molecule has 2 heterocycles. The highest BCUT2D eigenvalue weighted by molar-refractivity contribution is 7.21. The number of thiophene rings is 1. The minimum atomic E-state index is -0.578. The smallest absolute Gasteiger partial charge is 0.350 e. The molecule has 0 atom stereocenters. The lowest BCUT2D eigenvalue weighted by molar-refractivity contribution is 0.0607. The van der Waals surface area contributed by atoms with E-state index in [1.54, 1.807) is 18.2 Å². The van der Waals surface area contributed by atoms with E-state index in [0.717, 1.165) is 11.3 Å². The van der Waals surface area contributed by atoms with Crippen molar-refractivity contribution in [2.45, 2.75) is 0 Å². The molecule has 0 aliphatic rings. The molecule has 0 spiro atoms. The van der Waals surface area contributed by atoms with Crippen LogP contribution < -0.4 is 20.9 Å². The summed E-state index contributed by atoms with van der Waals surface area (Å²) in [5.74, 6) is 0.481. The van der Waals surface area contributed by atoms with Gasteiger partial charge >= 0.3 is 5.97 Å². The van der Waals surface area contributed by atoms with Crippen molar-refractivity contribution in [1.82, 2.24) is 4.98 Å². The first-order valence-corrected chi connectivity index (χ1v) is 8.50. The van der Waals surface area contributed by atoms with Crippen LogP contribution in [0.5, 0.6) is 11.5 Å². The molecule has 4 N–H and O–H groups in total. The Balaban J connectivity index is 2.42. The molecular formula is C18H16N4O4S. The van der Waals surface area contributed by atoms with Crippen molar-refractivity contribution >= 4 is 39.0 Å². The third-order valence-corrected chi connectivity index (χ3v) is 5.14. The number of methoxy groups -OCH3 is 3. The summed E-state index contributed by atoms with van der Waals surface area (Å²) in [6, 6.07) is 7.25. The molecule has 0 saturated heterocycles. The van der Waals surface area contributed by atoms with Gasteiger partial charge in [-0.2, -0.15) is 5.26 Å². The number of anilines is 2. The van der Waals surface area contributed by atoms with Gasteiger partial charge in [0.05, 0.1) is 27.0 Å². The molecule has 3 rings (SSSR count). The second-order valence-electron chi connectivity index (χ2n) is 5.45. The number of nitrogens with zero attached hydrogens (tertiary/aromatic N) is 2. The predicted molar refractivity (Wildman–Crippen MR) is 103 cm³/mol. The Morgan fingerprint density at radius 2 is 1.89 bits per heavy atom. The van der Waals surface area contributed by atoms with Crippen LogP contribution in [-0.2, 0) is 4.74 Å². The third-order valence-electron chi connectivity index (χ3n) is 4.06. The number of nitrogens with two attached hydrogens (primary N) is 2. The van der Waals surface area contributed by atoms with Gasteiger partial charge < -0.3 is 25.7 Å². The predicted octanol–water partition coefficient (Wildman–Crippen LogP) is 2.80. The molecule has 2 aromatic heterocycles. The van der Waals surface area contributed by atoms with E-state index < -0.39 is 5.97 Å². The molecule has 0 amide bonds. The Morgan fingerprint density at radius 1 is 1.19 bits per heavy atom. The zero-order valence-corrected chi connectivity index (χ0v) is 15.6. The number of hydrogen-bond acceptors (Lipinski definition) is 9. The summed E-state index contributed by atoms with van der Waals surface area (Å²) in [6.45, 7) is 0. The number of nitriles is 1. The molecule has 0 saturated carbocycles. The summed E-state index contributed by atoms with van der Waals surface area (Å²) in [6.07, 6.45) is 0. The highest BCUT2D eigenvalue weighted by Crippen LogP contribution is 2.44. The van der Waals surface area contributed by atoms with E-state index in [1.807, 2.05) is 0 Å². The van der Waals surface area contributed by atoms with Gasteiger partial charge in [-0.25, -0.2) is 9.78 Å². The standard InChI is InChI=1S/C18H16N4O4S/c1-24-10-5-4-8(6-11(10)25-2)12-9(7-19)16(21)22-17-13(12)14(20)15(27-17)18(23)26-3/h4-6H,20H2,1-3H3,(H2,21,22). The van der Waals surface area contributed by atoms with E-state index in [1.165, 1.54) is 21.3 Å². The average Bonchev–Trinajstić information content (AvgIpc) is 3.01. The molecular weight excluding hydrogens is 368 g/mol. The largest absolute Gasteiger partial charge is 0.493 e. The molecule has 27 heavy (non-hydrogen) atoms. The molecule has 1 aromatic carbocycles. The number of hydrogen-bond donors (Lipinski definition) is 2. The van der Waals surface area contributed by atoms with Crippen LogP contribution >= 0.6 is 11.3 Å². The van der Waals surface area contributed by atoms with Gasteiger partial charge in [0.1, 0.15) is 27.2 Å². The maximum atomic E-state index is 12.0. The summed E-state index contributed by atoms with van der Waals surface area (Å²) in [4.78, 5) is 16.9. The van der Waals surface area contributed by atoms with Gasteiger partial charge in [-0.3, -0.25) is 0 Å². The summed E-state index contributed by atoms with van der Waals surface area (Å²) in [7, 11) is 4.31. The number of carbonyl (C=O) groups is 1. The monoisotopic (exact) mass is 384 g/mol. The van der Waals surface area contributed by atoms with Crippen LogP contribution in [0.25, 0.3) is 21.3 Å². The number of nitrogen functional groups attached to an aromatic ring is 2. The van der Waals surface area contributed by atoms with Crippen LogP contribution in [0.1, 0.15) is 15.2 Å². The Morgan fingerprint density at radius 3 is 2.48 bits per heavy atom. The van der Waals surface area contributed by atoms with Gasteiger partial charge in [-0.05, 0) is 17.7 Å². The van der Waals surface area contributed by atoms with Crippen LogP contribution in [0.4, 0.5) is 11.5 Å². The fourth-order valence-electron chi connectivity index (χ4n) is 2.81. The van der Waals surface area contributed by atoms with E-state index in [0.29, 0.717) is 32.8 Å². The fourth-order valence-corrected chi connectivity index (χ4v) is 3.84. The summed E-state index contributed by atoms with van der Waals surface area (Å²) < 4.78 is 15.4. The number of aromatic nitrogens is 1. The number of rotatable bonds is 4. The number of pyridine rings is 1. The van der Waals surface area contributed by atoms with Crippen molar-refractivity contribution in [3.63, 3.8) is 0 Å². The number of carbonyl (C=O) groups excluding carboxylic acids is 1. The van der Waals surface area contributed by atoms with Crippen molar-refractivity contribution in [3.8, 4) is 28.7 Å². The van der Waals surface area contributed by atoms with Crippen LogP contribution in [0, 0.1) is 11.3 Å². The first-order valence-electron chi connectivity index (χ1n) is 7.69. The Hall–Kier alpha value is -3.51. The lowest BCUT2D eigenvalue weighted by atomic mass is 9.97. The summed E-state index contributed by atoms with van der Waals surface area (Å²) in [5.41, 5.74) is 13.7. The molecule has 0 bridgehead atoms. The van der Waals surface area contributed by atoms with Crippen LogP contribution in [0.15, 0.2) is 18.2 Å². The van der Waals surface area contributed by atoms with Gasteiger partial charge in [0, 0.05) is 10.9 Å². The van der Waals surface area contributed by atoms with E-state index in [2.05, 4.69) is 11.1 Å². The van der Waals surface area contributed by atoms with E-state index in [4.69, 9.17) is 25.7 Å². The zero-order chi connectivity index (χ0) is 19.7. The van der Waals surface area contributed by atoms with Gasteiger partial charge in [0.2, 0.25) is 0 Å². The van der Waals surface area contributed by atoms with Crippen molar-refractivity contribution in [2.75, 3.05) is 32.8 Å². The number of ether oxygens (including phenoxy) is 3. The molecule has 0 aliphatic heterocycles. The number of fused-ring (bicyclic) bond motifs is 1. The molecule has 138 valence electrons. The van der Waals surface area contributed by atoms with Crippen LogP contribution in [-0.4, -0.2) is 32.3 Å².